The van der Waals surface area contributed by atoms with E-state index < -0.39 is 0 Å². The van der Waals surface area contributed by atoms with Crippen molar-refractivity contribution in [2.45, 2.75) is 33.1 Å². The summed E-state index contributed by atoms with van der Waals surface area (Å²) in [5.74, 6) is 3.08. The molecule has 1 aliphatic heterocycles. The smallest absolute Gasteiger partial charge is 0.245 e. The molecule has 0 unspecified atom stereocenters. The van der Waals surface area contributed by atoms with Crippen molar-refractivity contribution in [2.75, 3.05) is 44.2 Å². The summed E-state index contributed by atoms with van der Waals surface area (Å²) in [5, 5.41) is 11.3. The average molecular weight is 330 g/mol. The third-order valence-corrected chi connectivity index (χ3v) is 4.12. The van der Waals surface area contributed by atoms with Gasteiger partial charge < -0.3 is 10.2 Å². The van der Waals surface area contributed by atoms with Gasteiger partial charge in [0.1, 0.15) is 0 Å². The summed E-state index contributed by atoms with van der Waals surface area (Å²) in [6.07, 6.45) is 7.83. The fourth-order valence-corrected chi connectivity index (χ4v) is 2.80. The quantitative estimate of drug-likeness (QED) is 0.754. The minimum Gasteiger partial charge on any atom is -0.344 e. The van der Waals surface area contributed by atoms with E-state index in [4.69, 9.17) is 6.42 Å². The van der Waals surface area contributed by atoms with E-state index in [1.807, 2.05) is 0 Å². The van der Waals surface area contributed by atoms with E-state index in [9.17, 15) is 4.79 Å². The first-order valence-electron chi connectivity index (χ1n) is 8.57. The van der Waals surface area contributed by atoms with Crippen LogP contribution in [0.4, 0.5) is 5.95 Å². The summed E-state index contributed by atoms with van der Waals surface area (Å²) in [6.45, 7) is 8.15. The molecule has 0 radical (unpaired) electrons. The first-order valence-corrected chi connectivity index (χ1v) is 8.57. The third-order valence-electron chi connectivity index (χ3n) is 4.12. The van der Waals surface area contributed by atoms with Crippen LogP contribution in [-0.2, 0) is 17.6 Å². The fraction of sp³-hybridized carbons (Fsp3) is 0.647. The normalized spacial score (nSPS) is 15.6. The van der Waals surface area contributed by atoms with Gasteiger partial charge in [0.25, 0.3) is 0 Å². The third kappa shape index (κ3) is 4.90. The summed E-state index contributed by atoms with van der Waals surface area (Å²) >= 11 is 0. The Bertz CT molecular complexity index is 597. The Labute approximate surface area is 143 Å². The lowest BCUT2D eigenvalue weighted by Gasteiger charge is -2.21. The average Bonchev–Trinajstić information content (AvgIpc) is 2.84. The van der Waals surface area contributed by atoms with Crippen molar-refractivity contribution >= 4 is 11.9 Å². The van der Waals surface area contributed by atoms with Crippen molar-refractivity contribution in [3.05, 3.63) is 11.4 Å². The molecule has 7 nitrogen and oxygen atoms in total. The molecule has 7 heteroatoms. The number of anilines is 1. The molecule has 0 aromatic carbocycles. The van der Waals surface area contributed by atoms with Crippen LogP contribution in [0.15, 0.2) is 0 Å². The van der Waals surface area contributed by atoms with Crippen molar-refractivity contribution in [1.82, 2.24) is 25.4 Å². The molecule has 1 saturated heterocycles. The van der Waals surface area contributed by atoms with Crippen molar-refractivity contribution in [1.29, 1.82) is 0 Å². The molecule has 1 amide bonds. The Morgan fingerprint density at radius 1 is 1.17 bits per heavy atom. The van der Waals surface area contributed by atoms with Gasteiger partial charge >= 0.3 is 0 Å². The SMILES string of the molecule is C#CCNC(=O)CN1CCCN(c2nnc(CC)c(CC)n2)CC1. The highest BCUT2D eigenvalue weighted by molar-refractivity contribution is 5.78. The van der Waals surface area contributed by atoms with Crippen LogP contribution >= 0.6 is 0 Å². The lowest BCUT2D eigenvalue weighted by atomic mass is 10.2. The maximum Gasteiger partial charge on any atom is 0.245 e. The molecule has 1 N–H and O–H groups in total. The predicted molar refractivity (Wildman–Crippen MR) is 93.7 cm³/mol. The second-order valence-electron chi connectivity index (χ2n) is 5.81. The molecule has 1 fully saturated rings. The molecule has 0 aliphatic carbocycles. The molecule has 0 spiro atoms. The van der Waals surface area contributed by atoms with Gasteiger partial charge in [0.05, 0.1) is 24.5 Å². The number of carbonyl (C=O) groups is 1. The zero-order chi connectivity index (χ0) is 17.4. The highest BCUT2D eigenvalue weighted by atomic mass is 16.2. The summed E-state index contributed by atoms with van der Waals surface area (Å²) in [7, 11) is 0. The van der Waals surface area contributed by atoms with E-state index >= 15 is 0 Å². The van der Waals surface area contributed by atoms with E-state index in [1.165, 1.54) is 0 Å². The zero-order valence-electron chi connectivity index (χ0n) is 14.6. The maximum atomic E-state index is 11.8. The van der Waals surface area contributed by atoms with Crippen molar-refractivity contribution < 1.29 is 4.79 Å². The van der Waals surface area contributed by atoms with E-state index in [1.54, 1.807) is 0 Å². The van der Waals surface area contributed by atoms with Gasteiger partial charge in [-0.15, -0.1) is 11.5 Å². The van der Waals surface area contributed by atoms with Crippen LogP contribution in [-0.4, -0.2) is 65.3 Å². The molecular weight excluding hydrogens is 304 g/mol. The second kappa shape index (κ2) is 9.18. The number of terminal acetylenes is 1. The number of aromatic nitrogens is 3. The van der Waals surface area contributed by atoms with Crippen molar-refractivity contribution in [3.8, 4) is 12.3 Å². The Morgan fingerprint density at radius 2 is 1.96 bits per heavy atom. The van der Waals surface area contributed by atoms with Crippen LogP contribution in [0.1, 0.15) is 31.7 Å². The number of aryl methyl sites for hydroxylation is 2. The molecule has 1 aromatic heterocycles. The van der Waals surface area contributed by atoms with Crippen molar-refractivity contribution in [3.63, 3.8) is 0 Å². The fourth-order valence-electron chi connectivity index (χ4n) is 2.80. The molecular formula is C17H26N6O. The van der Waals surface area contributed by atoms with Gasteiger partial charge in [-0.1, -0.05) is 19.8 Å². The first-order chi connectivity index (χ1) is 11.7. The summed E-state index contributed by atoms with van der Waals surface area (Å²) in [4.78, 5) is 20.8. The highest BCUT2D eigenvalue weighted by Gasteiger charge is 2.19. The van der Waals surface area contributed by atoms with Gasteiger partial charge in [-0.25, -0.2) is 4.98 Å². The summed E-state index contributed by atoms with van der Waals surface area (Å²) in [5.41, 5.74) is 2.00. The minimum absolute atomic E-state index is 0.0279. The molecule has 1 aromatic rings. The highest BCUT2D eigenvalue weighted by Crippen LogP contribution is 2.13. The van der Waals surface area contributed by atoms with Gasteiger partial charge in [-0.05, 0) is 19.3 Å². The second-order valence-corrected chi connectivity index (χ2v) is 5.81. The molecule has 1 aliphatic rings. The van der Waals surface area contributed by atoms with E-state index in [0.717, 1.165) is 56.8 Å². The Hall–Kier alpha value is -2.20. The first kappa shape index (κ1) is 18.1. The van der Waals surface area contributed by atoms with Gasteiger partial charge in [-0.3, -0.25) is 9.69 Å². The van der Waals surface area contributed by atoms with E-state index in [0.29, 0.717) is 12.5 Å². The van der Waals surface area contributed by atoms with Gasteiger partial charge in [0, 0.05) is 26.2 Å². The molecule has 0 saturated carbocycles. The number of nitrogens with zero attached hydrogens (tertiary/aromatic N) is 5. The molecule has 24 heavy (non-hydrogen) atoms. The number of rotatable bonds is 6. The van der Waals surface area contributed by atoms with Crippen LogP contribution in [0, 0.1) is 12.3 Å². The standard InChI is InChI=1S/C17H26N6O/c1-4-8-18-16(24)13-22-9-7-10-23(12-11-22)17-19-14(5-2)15(6-3)20-21-17/h1H,5-13H2,2-3H3,(H,18,24). The monoisotopic (exact) mass is 330 g/mol. The van der Waals surface area contributed by atoms with Gasteiger partial charge in [-0.2, -0.15) is 5.10 Å². The molecule has 0 bridgehead atoms. The summed E-state index contributed by atoms with van der Waals surface area (Å²) < 4.78 is 0. The Kier molecular flexibility index (Phi) is 6.94. The van der Waals surface area contributed by atoms with E-state index in [-0.39, 0.29) is 12.5 Å². The van der Waals surface area contributed by atoms with Crippen LogP contribution in [0.25, 0.3) is 0 Å². The maximum absolute atomic E-state index is 11.8. The van der Waals surface area contributed by atoms with Gasteiger partial charge in [0.2, 0.25) is 11.9 Å². The van der Waals surface area contributed by atoms with Crippen molar-refractivity contribution in [2.24, 2.45) is 0 Å². The summed E-state index contributed by atoms with van der Waals surface area (Å²) in [6, 6.07) is 0. The van der Waals surface area contributed by atoms with Crippen LogP contribution in [0.3, 0.4) is 0 Å². The molecule has 0 atom stereocenters. The zero-order valence-corrected chi connectivity index (χ0v) is 14.6. The number of carbonyl (C=O) groups excluding carboxylic acids is 1. The molecule has 130 valence electrons. The number of amides is 1. The Morgan fingerprint density at radius 3 is 2.67 bits per heavy atom. The predicted octanol–water partition coefficient (Wildman–Crippen LogP) is 0.258. The lowest BCUT2D eigenvalue weighted by molar-refractivity contribution is -0.121. The van der Waals surface area contributed by atoms with E-state index in [2.05, 4.69) is 50.1 Å². The largest absolute Gasteiger partial charge is 0.344 e. The minimum atomic E-state index is -0.0279. The van der Waals surface area contributed by atoms with Crippen LogP contribution in [0.5, 0.6) is 0 Å². The number of hydrogen-bond acceptors (Lipinski definition) is 6. The van der Waals surface area contributed by atoms with Gasteiger partial charge in [0.15, 0.2) is 0 Å². The Balaban J connectivity index is 1.95. The lowest BCUT2D eigenvalue weighted by Crippen LogP contribution is -2.39. The van der Waals surface area contributed by atoms with Crippen LogP contribution in [0.2, 0.25) is 0 Å². The molecule has 2 rings (SSSR count). The van der Waals surface area contributed by atoms with Crippen LogP contribution < -0.4 is 10.2 Å². The number of nitrogens with one attached hydrogen (secondary N) is 1. The topological polar surface area (TPSA) is 74.2 Å². The number of hydrogen-bond donors (Lipinski definition) is 1. The molecule has 2 heterocycles.